The number of rotatable bonds is 5. The predicted octanol–water partition coefficient (Wildman–Crippen LogP) is 3.48. The second kappa shape index (κ2) is 8.99. The second-order valence-corrected chi connectivity index (χ2v) is 7.59. The first-order valence-electron chi connectivity index (χ1n) is 10.2. The fourth-order valence-electron chi connectivity index (χ4n) is 3.87. The van der Waals surface area contributed by atoms with Gasteiger partial charge in [-0.15, -0.1) is 0 Å². The Balaban J connectivity index is 1.20. The van der Waals surface area contributed by atoms with Gasteiger partial charge in [-0.1, -0.05) is 30.3 Å². The van der Waals surface area contributed by atoms with Crippen molar-refractivity contribution in [3.05, 3.63) is 54.6 Å². The average molecular weight is 394 g/mol. The van der Waals surface area contributed by atoms with Gasteiger partial charge in [-0.3, -0.25) is 9.59 Å². The molecule has 2 heterocycles. The van der Waals surface area contributed by atoms with E-state index >= 15 is 0 Å². The molecule has 1 N–H and O–H groups in total. The largest absolute Gasteiger partial charge is 0.485 e. The molecule has 6 nitrogen and oxygen atoms in total. The van der Waals surface area contributed by atoms with Crippen molar-refractivity contribution in [2.75, 3.05) is 25.0 Å². The number of anilines is 1. The Bertz CT molecular complexity index is 847. The third-order valence-electron chi connectivity index (χ3n) is 5.55. The van der Waals surface area contributed by atoms with Gasteiger partial charge in [-0.2, -0.15) is 0 Å². The zero-order chi connectivity index (χ0) is 20.1. The van der Waals surface area contributed by atoms with Gasteiger partial charge in [-0.25, -0.2) is 0 Å². The van der Waals surface area contributed by atoms with Crippen LogP contribution in [0.2, 0.25) is 0 Å². The zero-order valence-electron chi connectivity index (χ0n) is 16.4. The first-order chi connectivity index (χ1) is 14.2. The lowest BCUT2D eigenvalue weighted by molar-refractivity contribution is -0.142. The molecule has 152 valence electrons. The molecule has 2 aromatic carbocycles. The fourth-order valence-corrected chi connectivity index (χ4v) is 3.87. The number of hydrogen-bond acceptors (Lipinski definition) is 4. The summed E-state index contributed by atoms with van der Waals surface area (Å²) in [6, 6.07) is 16.9. The summed E-state index contributed by atoms with van der Waals surface area (Å²) in [5.74, 6) is 1.80. The third-order valence-corrected chi connectivity index (χ3v) is 5.55. The van der Waals surface area contributed by atoms with Crippen LogP contribution in [0.4, 0.5) is 5.69 Å². The smallest absolute Gasteiger partial charge is 0.267 e. The molecular formula is C23H26N2O4. The number of piperidine rings is 1. The number of para-hydroxylation sites is 3. The number of ether oxygens (including phenoxy) is 2. The number of benzene rings is 2. The van der Waals surface area contributed by atoms with E-state index in [2.05, 4.69) is 5.32 Å². The Morgan fingerprint density at radius 1 is 0.966 bits per heavy atom. The maximum absolute atomic E-state index is 12.8. The van der Waals surface area contributed by atoms with Crippen LogP contribution < -0.4 is 14.8 Å². The first kappa shape index (κ1) is 19.3. The minimum atomic E-state index is -0.585. The van der Waals surface area contributed by atoms with E-state index in [1.807, 2.05) is 59.5 Å². The maximum atomic E-state index is 12.8. The summed E-state index contributed by atoms with van der Waals surface area (Å²) in [4.78, 5) is 26.8. The van der Waals surface area contributed by atoms with E-state index in [4.69, 9.17) is 9.47 Å². The van der Waals surface area contributed by atoms with Crippen molar-refractivity contribution < 1.29 is 19.1 Å². The number of nitrogens with one attached hydrogen (secondary N) is 1. The number of nitrogens with zero attached hydrogens (tertiary/aromatic N) is 1. The normalized spacial score (nSPS) is 18.9. The SMILES string of the molecule is O=C(CCC1CCN(C(=O)[C@H]2COc3ccccc3O2)CC1)Nc1ccccc1. The van der Waals surface area contributed by atoms with E-state index in [-0.39, 0.29) is 18.4 Å². The number of carbonyl (C=O) groups excluding carboxylic acids is 2. The van der Waals surface area contributed by atoms with Crippen LogP contribution in [0.3, 0.4) is 0 Å². The van der Waals surface area contributed by atoms with Crippen LogP contribution in [0.1, 0.15) is 25.7 Å². The van der Waals surface area contributed by atoms with Crippen molar-refractivity contribution in [3.8, 4) is 11.5 Å². The van der Waals surface area contributed by atoms with Crippen LogP contribution in [0.5, 0.6) is 11.5 Å². The van der Waals surface area contributed by atoms with Crippen molar-refractivity contribution >= 4 is 17.5 Å². The quantitative estimate of drug-likeness (QED) is 0.843. The van der Waals surface area contributed by atoms with Crippen LogP contribution in [0.15, 0.2) is 54.6 Å². The molecule has 0 aliphatic carbocycles. The van der Waals surface area contributed by atoms with E-state index in [1.54, 1.807) is 0 Å². The van der Waals surface area contributed by atoms with Gasteiger partial charge in [0, 0.05) is 25.2 Å². The van der Waals surface area contributed by atoms with Gasteiger partial charge in [-0.05, 0) is 49.4 Å². The molecule has 29 heavy (non-hydrogen) atoms. The Kier molecular flexibility index (Phi) is 5.98. The maximum Gasteiger partial charge on any atom is 0.267 e. The molecule has 1 saturated heterocycles. The molecule has 0 aromatic heterocycles. The van der Waals surface area contributed by atoms with Gasteiger partial charge in [0.2, 0.25) is 12.0 Å². The molecule has 0 bridgehead atoms. The average Bonchev–Trinajstić information content (AvgIpc) is 2.78. The van der Waals surface area contributed by atoms with Crippen LogP contribution >= 0.6 is 0 Å². The molecular weight excluding hydrogens is 368 g/mol. The van der Waals surface area contributed by atoms with Crippen LogP contribution in [0.25, 0.3) is 0 Å². The highest BCUT2D eigenvalue weighted by Gasteiger charge is 2.33. The first-order valence-corrected chi connectivity index (χ1v) is 10.2. The van der Waals surface area contributed by atoms with Crippen molar-refractivity contribution in [1.82, 2.24) is 4.90 Å². The summed E-state index contributed by atoms with van der Waals surface area (Å²) in [7, 11) is 0. The van der Waals surface area contributed by atoms with Gasteiger partial charge < -0.3 is 19.7 Å². The summed E-state index contributed by atoms with van der Waals surface area (Å²) in [6.45, 7) is 1.64. The van der Waals surface area contributed by atoms with Crippen LogP contribution in [-0.4, -0.2) is 42.5 Å². The van der Waals surface area contributed by atoms with Crippen molar-refractivity contribution in [2.24, 2.45) is 5.92 Å². The number of likely N-dealkylation sites (tertiary alicyclic amines) is 1. The van der Waals surface area contributed by atoms with Crippen molar-refractivity contribution in [1.29, 1.82) is 0 Å². The molecule has 2 aromatic rings. The monoisotopic (exact) mass is 394 g/mol. The van der Waals surface area contributed by atoms with Gasteiger partial charge in [0.1, 0.15) is 6.61 Å². The Morgan fingerprint density at radius 2 is 1.66 bits per heavy atom. The number of carbonyl (C=O) groups is 2. The van der Waals surface area contributed by atoms with Crippen molar-refractivity contribution in [2.45, 2.75) is 31.8 Å². The summed E-state index contributed by atoms with van der Waals surface area (Å²) in [5.41, 5.74) is 0.828. The molecule has 2 aliphatic rings. The van der Waals surface area contributed by atoms with Crippen molar-refractivity contribution in [3.63, 3.8) is 0 Å². The molecule has 6 heteroatoms. The molecule has 0 radical (unpaired) electrons. The molecule has 4 rings (SSSR count). The molecule has 0 unspecified atom stereocenters. The van der Waals surface area contributed by atoms with Gasteiger partial charge in [0.15, 0.2) is 11.5 Å². The number of fused-ring (bicyclic) bond motifs is 1. The lowest BCUT2D eigenvalue weighted by atomic mass is 9.92. The zero-order valence-corrected chi connectivity index (χ0v) is 16.4. The molecule has 1 fully saturated rings. The summed E-state index contributed by atoms with van der Waals surface area (Å²) >= 11 is 0. The van der Waals surface area contributed by atoms with Gasteiger partial charge in [0.25, 0.3) is 5.91 Å². The summed E-state index contributed by atoms with van der Waals surface area (Å²) in [5, 5.41) is 2.93. The fraction of sp³-hybridized carbons (Fsp3) is 0.391. The van der Waals surface area contributed by atoms with Crippen LogP contribution in [0, 0.1) is 5.92 Å². The number of hydrogen-bond donors (Lipinski definition) is 1. The van der Waals surface area contributed by atoms with Crippen LogP contribution in [-0.2, 0) is 9.59 Å². The summed E-state index contributed by atoms with van der Waals surface area (Å²) < 4.78 is 11.5. The number of amides is 2. The highest BCUT2D eigenvalue weighted by atomic mass is 16.6. The van der Waals surface area contributed by atoms with E-state index in [9.17, 15) is 9.59 Å². The minimum Gasteiger partial charge on any atom is -0.485 e. The Labute approximate surface area is 170 Å². The van der Waals surface area contributed by atoms with Gasteiger partial charge >= 0.3 is 0 Å². The van der Waals surface area contributed by atoms with E-state index < -0.39 is 6.10 Å². The minimum absolute atomic E-state index is 0.0141. The highest BCUT2D eigenvalue weighted by Crippen LogP contribution is 2.32. The lowest BCUT2D eigenvalue weighted by Crippen LogP contribution is -2.49. The molecule has 1 atom stereocenters. The predicted molar refractivity (Wildman–Crippen MR) is 110 cm³/mol. The van der Waals surface area contributed by atoms with E-state index in [1.165, 1.54) is 0 Å². The van der Waals surface area contributed by atoms with Gasteiger partial charge in [0.05, 0.1) is 0 Å². The topological polar surface area (TPSA) is 67.9 Å². The Morgan fingerprint density at radius 3 is 2.41 bits per heavy atom. The standard InChI is InChI=1S/C23H26N2O4/c26-22(24-18-6-2-1-3-7-18)11-10-17-12-14-25(15-13-17)23(27)21-16-28-19-8-4-5-9-20(19)29-21/h1-9,17,21H,10-16H2,(H,24,26)/t21-/m1/s1. The highest BCUT2D eigenvalue weighted by molar-refractivity contribution is 5.90. The lowest BCUT2D eigenvalue weighted by Gasteiger charge is -2.35. The molecule has 0 spiro atoms. The molecule has 2 amide bonds. The Hall–Kier alpha value is -3.02. The second-order valence-electron chi connectivity index (χ2n) is 7.59. The van der Waals surface area contributed by atoms with E-state index in [0.717, 1.165) is 24.9 Å². The summed E-state index contributed by atoms with van der Waals surface area (Å²) in [6.07, 6.45) is 2.59. The molecule has 0 saturated carbocycles. The van der Waals surface area contributed by atoms with E-state index in [0.29, 0.717) is 36.9 Å². The third kappa shape index (κ3) is 4.88. The molecule has 2 aliphatic heterocycles.